The normalized spacial score (nSPS) is 18.6. The quantitative estimate of drug-likeness (QED) is 0.642. The van der Waals surface area contributed by atoms with Gasteiger partial charge in [0.1, 0.15) is 17.0 Å². The van der Waals surface area contributed by atoms with E-state index >= 15 is 0 Å². The molecule has 5 heteroatoms. The van der Waals surface area contributed by atoms with Gasteiger partial charge in [0.2, 0.25) is 0 Å². The van der Waals surface area contributed by atoms with Gasteiger partial charge in [-0.2, -0.15) is 0 Å². The van der Waals surface area contributed by atoms with Crippen molar-refractivity contribution in [3.8, 4) is 5.75 Å². The summed E-state index contributed by atoms with van der Waals surface area (Å²) in [6.07, 6.45) is 3.19. The third-order valence-electron chi connectivity index (χ3n) is 6.60. The van der Waals surface area contributed by atoms with E-state index in [1.54, 1.807) is 0 Å². The average Bonchev–Trinajstić information content (AvgIpc) is 3.33. The van der Waals surface area contributed by atoms with Crippen LogP contribution in [0.1, 0.15) is 48.3 Å². The molecule has 0 unspecified atom stereocenters. The SMILES string of the molecule is CC1(C)Cc2cccc(CN3CCC(CNC(=O)c4cc5ccccc5[nH]4)CC3)c2O1. The summed E-state index contributed by atoms with van der Waals surface area (Å²) in [6, 6.07) is 16.5. The van der Waals surface area contributed by atoms with Gasteiger partial charge in [-0.1, -0.05) is 36.4 Å². The Labute approximate surface area is 183 Å². The fourth-order valence-electron chi connectivity index (χ4n) is 4.92. The molecule has 2 N–H and O–H groups in total. The van der Waals surface area contributed by atoms with Crippen molar-refractivity contribution in [1.29, 1.82) is 0 Å². The molecule has 31 heavy (non-hydrogen) atoms. The predicted molar refractivity (Wildman–Crippen MR) is 123 cm³/mol. The maximum atomic E-state index is 12.6. The summed E-state index contributed by atoms with van der Waals surface area (Å²) < 4.78 is 6.24. The van der Waals surface area contributed by atoms with E-state index in [1.165, 1.54) is 11.1 Å². The van der Waals surface area contributed by atoms with E-state index < -0.39 is 0 Å². The molecular formula is C26H31N3O2. The number of aromatic amines is 1. The number of fused-ring (bicyclic) bond motifs is 2. The van der Waals surface area contributed by atoms with E-state index in [1.807, 2.05) is 30.3 Å². The highest BCUT2D eigenvalue weighted by Gasteiger charge is 2.32. The molecule has 162 valence electrons. The van der Waals surface area contributed by atoms with Crippen LogP contribution in [0.2, 0.25) is 0 Å². The second-order valence-electron chi connectivity index (χ2n) is 9.64. The Kier molecular flexibility index (Phi) is 5.22. The first-order chi connectivity index (χ1) is 15.0. The summed E-state index contributed by atoms with van der Waals surface area (Å²) in [5, 5.41) is 4.20. The number of ether oxygens (including phenoxy) is 1. The lowest BCUT2D eigenvalue weighted by Crippen LogP contribution is -2.38. The van der Waals surface area contributed by atoms with E-state index in [0.717, 1.165) is 62.1 Å². The fourth-order valence-corrected chi connectivity index (χ4v) is 4.92. The van der Waals surface area contributed by atoms with Crippen molar-refractivity contribution in [3.05, 3.63) is 65.4 Å². The van der Waals surface area contributed by atoms with Gasteiger partial charge in [-0.15, -0.1) is 0 Å². The molecule has 1 saturated heterocycles. The zero-order chi connectivity index (χ0) is 21.4. The summed E-state index contributed by atoms with van der Waals surface area (Å²) in [4.78, 5) is 18.3. The van der Waals surface area contributed by atoms with Crippen LogP contribution < -0.4 is 10.1 Å². The smallest absolute Gasteiger partial charge is 0.267 e. The van der Waals surface area contributed by atoms with Crippen LogP contribution in [0, 0.1) is 5.92 Å². The molecule has 0 bridgehead atoms. The van der Waals surface area contributed by atoms with Crippen molar-refractivity contribution in [3.63, 3.8) is 0 Å². The number of para-hydroxylation sites is 2. The molecule has 0 saturated carbocycles. The maximum Gasteiger partial charge on any atom is 0.267 e. The first kappa shape index (κ1) is 20.1. The summed E-state index contributed by atoms with van der Waals surface area (Å²) >= 11 is 0. The first-order valence-corrected chi connectivity index (χ1v) is 11.3. The van der Waals surface area contributed by atoms with E-state index in [2.05, 4.69) is 47.2 Å². The number of nitrogens with one attached hydrogen (secondary N) is 2. The van der Waals surface area contributed by atoms with Crippen LogP contribution in [0.4, 0.5) is 0 Å². The van der Waals surface area contributed by atoms with Crippen molar-refractivity contribution in [1.82, 2.24) is 15.2 Å². The van der Waals surface area contributed by atoms with Gasteiger partial charge in [0.15, 0.2) is 0 Å². The number of rotatable bonds is 5. The molecule has 5 nitrogen and oxygen atoms in total. The summed E-state index contributed by atoms with van der Waals surface area (Å²) in [5.41, 5.74) is 4.17. The topological polar surface area (TPSA) is 57.4 Å². The van der Waals surface area contributed by atoms with Crippen LogP contribution in [0.15, 0.2) is 48.5 Å². The molecule has 3 aromatic rings. The lowest BCUT2D eigenvalue weighted by Gasteiger charge is -2.32. The third kappa shape index (κ3) is 4.33. The Hall–Kier alpha value is -2.79. The maximum absolute atomic E-state index is 12.6. The third-order valence-corrected chi connectivity index (χ3v) is 6.60. The highest BCUT2D eigenvalue weighted by Crippen LogP contribution is 2.38. The zero-order valence-corrected chi connectivity index (χ0v) is 18.4. The molecule has 1 fully saturated rings. The number of carbonyl (C=O) groups is 1. The molecule has 0 aliphatic carbocycles. The highest BCUT2D eigenvalue weighted by atomic mass is 16.5. The molecular weight excluding hydrogens is 386 g/mol. The van der Waals surface area contributed by atoms with Crippen LogP contribution in [-0.2, 0) is 13.0 Å². The van der Waals surface area contributed by atoms with Crippen molar-refractivity contribution in [2.24, 2.45) is 5.92 Å². The number of likely N-dealkylation sites (tertiary alicyclic amines) is 1. The Morgan fingerprint density at radius 3 is 2.77 bits per heavy atom. The number of amides is 1. The van der Waals surface area contributed by atoms with Crippen molar-refractivity contribution in [2.45, 2.75) is 45.3 Å². The molecule has 5 rings (SSSR count). The van der Waals surface area contributed by atoms with Gasteiger partial charge in [0, 0.05) is 36.0 Å². The van der Waals surface area contributed by atoms with Crippen molar-refractivity contribution < 1.29 is 9.53 Å². The minimum Gasteiger partial charge on any atom is -0.487 e. The number of nitrogens with zero attached hydrogens (tertiary/aromatic N) is 1. The van der Waals surface area contributed by atoms with Crippen molar-refractivity contribution in [2.75, 3.05) is 19.6 Å². The van der Waals surface area contributed by atoms with Gasteiger partial charge in [-0.3, -0.25) is 9.69 Å². The highest BCUT2D eigenvalue weighted by molar-refractivity contribution is 5.97. The predicted octanol–water partition coefficient (Wildman–Crippen LogP) is 4.52. The van der Waals surface area contributed by atoms with E-state index in [0.29, 0.717) is 11.6 Å². The minimum atomic E-state index is -0.103. The average molecular weight is 418 g/mol. The monoisotopic (exact) mass is 417 g/mol. The molecule has 2 aromatic carbocycles. The van der Waals surface area contributed by atoms with Crippen LogP contribution in [0.25, 0.3) is 10.9 Å². The van der Waals surface area contributed by atoms with E-state index in [4.69, 9.17) is 4.74 Å². The first-order valence-electron chi connectivity index (χ1n) is 11.3. The van der Waals surface area contributed by atoms with Crippen LogP contribution >= 0.6 is 0 Å². The molecule has 1 amide bonds. The number of benzene rings is 2. The molecule has 3 heterocycles. The largest absolute Gasteiger partial charge is 0.487 e. The Morgan fingerprint density at radius 1 is 1.16 bits per heavy atom. The van der Waals surface area contributed by atoms with Gasteiger partial charge in [-0.25, -0.2) is 0 Å². The Bertz CT molecular complexity index is 1060. The number of hydrogen-bond acceptors (Lipinski definition) is 3. The number of hydrogen-bond donors (Lipinski definition) is 2. The molecule has 0 spiro atoms. The van der Waals surface area contributed by atoms with Crippen molar-refractivity contribution >= 4 is 16.8 Å². The summed E-state index contributed by atoms with van der Waals surface area (Å²) in [7, 11) is 0. The van der Waals surface area contributed by atoms with Gasteiger partial charge >= 0.3 is 0 Å². The number of aromatic nitrogens is 1. The Balaban J connectivity index is 1.12. The number of carbonyl (C=O) groups excluding carboxylic acids is 1. The summed E-state index contributed by atoms with van der Waals surface area (Å²) in [5.74, 6) is 1.61. The van der Waals surface area contributed by atoms with Gasteiger partial charge < -0.3 is 15.0 Å². The number of H-pyrrole nitrogens is 1. The lowest BCUT2D eigenvalue weighted by atomic mass is 9.96. The van der Waals surface area contributed by atoms with E-state index in [-0.39, 0.29) is 11.5 Å². The second kappa shape index (κ2) is 8.04. The molecule has 0 atom stereocenters. The fraction of sp³-hybridized carbons (Fsp3) is 0.423. The second-order valence-corrected chi connectivity index (χ2v) is 9.64. The van der Waals surface area contributed by atoms with Crippen LogP contribution in [0.3, 0.4) is 0 Å². The van der Waals surface area contributed by atoms with Crippen LogP contribution in [0.5, 0.6) is 5.75 Å². The zero-order valence-electron chi connectivity index (χ0n) is 18.4. The standard InChI is InChI=1S/C26H31N3O2/c1-26(2)15-20-7-5-8-21(24(20)31-26)17-29-12-10-18(11-13-29)16-27-25(30)23-14-19-6-3-4-9-22(19)28-23/h3-9,14,18,28H,10-13,15-17H2,1-2H3,(H,27,30). The van der Waals surface area contributed by atoms with Gasteiger partial charge in [0.05, 0.1) is 0 Å². The molecule has 2 aliphatic rings. The number of piperidine rings is 1. The lowest BCUT2D eigenvalue weighted by molar-refractivity contribution is 0.0930. The Morgan fingerprint density at radius 2 is 1.97 bits per heavy atom. The van der Waals surface area contributed by atoms with E-state index in [9.17, 15) is 4.79 Å². The molecule has 0 radical (unpaired) electrons. The van der Waals surface area contributed by atoms with Gasteiger partial charge in [-0.05, 0) is 63.4 Å². The molecule has 2 aliphatic heterocycles. The summed E-state index contributed by atoms with van der Waals surface area (Å²) in [6.45, 7) is 8.10. The molecule has 1 aromatic heterocycles. The van der Waals surface area contributed by atoms with Gasteiger partial charge in [0.25, 0.3) is 5.91 Å². The van der Waals surface area contributed by atoms with Crippen LogP contribution in [-0.4, -0.2) is 41.0 Å². The minimum absolute atomic E-state index is 0.0155.